The van der Waals surface area contributed by atoms with Crippen LogP contribution < -0.4 is 5.73 Å². The minimum absolute atomic E-state index is 0.252. The van der Waals surface area contributed by atoms with Crippen LogP contribution in [0.2, 0.25) is 0 Å². The highest BCUT2D eigenvalue weighted by Gasteiger charge is 2.31. The molecule has 0 aromatic carbocycles. The molecule has 0 saturated heterocycles. The number of hydrogen-bond acceptors (Lipinski definition) is 7. The van der Waals surface area contributed by atoms with Gasteiger partial charge in [-0.25, -0.2) is 15.0 Å². The van der Waals surface area contributed by atoms with Crippen LogP contribution in [0.5, 0.6) is 0 Å². The summed E-state index contributed by atoms with van der Waals surface area (Å²) in [5.74, 6) is 0.778. The molecule has 4 N–H and O–H groups in total. The van der Waals surface area contributed by atoms with Crippen molar-refractivity contribution >= 4 is 13.4 Å². The van der Waals surface area contributed by atoms with Gasteiger partial charge in [-0.15, -0.1) is 0 Å². The van der Waals surface area contributed by atoms with Gasteiger partial charge in [0.2, 0.25) is 0 Å². The minimum Gasteiger partial charge on any atom is -0.382 e. The Hall–Kier alpha value is -1.58. The second-order valence-electron chi connectivity index (χ2n) is 4.41. The largest absolute Gasteiger partial charge is 0.382 e. The molecule has 2 aliphatic heterocycles. The lowest BCUT2D eigenvalue weighted by Crippen LogP contribution is -2.26. The monoisotopic (exact) mass is 317 g/mol. The van der Waals surface area contributed by atoms with Gasteiger partial charge in [-0.3, -0.25) is 4.57 Å². The van der Waals surface area contributed by atoms with Crippen LogP contribution in [0, 0.1) is 0 Å². The van der Waals surface area contributed by atoms with Gasteiger partial charge in [0.05, 0.1) is 19.0 Å². The number of nitrogen functional groups attached to an aromatic ring is 1. The molecule has 0 aromatic rings. The molecule has 1 unspecified atom stereocenters. The first-order chi connectivity index (χ1) is 9.82. The number of rotatable bonds is 6. The number of nitrogens with two attached hydrogens (primary N) is 1. The molecular formula is C10H16N5O5P. The molecule has 2 atom stereocenters. The number of aromatic nitrogens is 4. The fraction of sp³-hybridized carbons (Fsp3) is 0.500. The standard InChI is InChI=1S/C10H16N5O5P/c1-6(20-10(19-2)21(16,17)18)3-15-5-14-8(11)7-9(15)13-4-12-7/h4-6,10H,3,11H2,1-2H3,(H2,16,17,18)/t6?,10-/m0/s1. The molecule has 0 spiro atoms. The highest BCUT2D eigenvalue weighted by atomic mass is 31.2. The van der Waals surface area contributed by atoms with E-state index in [1.54, 1.807) is 11.5 Å². The normalized spacial score (nSPS) is 15.2. The summed E-state index contributed by atoms with van der Waals surface area (Å²) in [6, 6.07) is -1.61. The Kier molecular flexibility index (Phi) is 4.55. The number of anilines is 1. The van der Waals surface area contributed by atoms with Crippen molar-refractivity contribution < 1.29 is 23.8 Å². The van der Waals surface area contributed by atoms with Crippen molar-refractivity contribution in [2.45, 2.75) is 25.6 Å². The van der Waals surface area contributed by atoms with Crippen molar-refractivity contribution in [2.24, 2.45) is 0 Å². The zero-order valence-corrected chi connectivity index (χ0v) is 12.3. The first-order valence-electron chi connectivity index (χ1n) is 5.97. The van der Waals surface area contributed by atoms with Crippen LogP contribution in [0.15, 0.2) is 12.7 Å². The van der Waals surface area contributed by atoms with Crippen LogP contribution in [0.1, 0.15) is 6.92 Å². The Morgan fingerprint density at radius 2 is 2.14 bits per heavy atom. The molecule has 0 amide bonds. The SMILES string of the molecule is CO[C@@H](OC(C)Cn1cnc(N)c2ncnc1-2)P(=O)(O)O. The zero-order valence-electron chi connectivity index (χ0n) is 11.4. The van der Waals surface area contributed by atoms with Crippen LogP contribution in [-0.2, 0) is 20.6 Å². The number of ether oxygens (including phenoxy) is 2. The molecule has 2 aliphatic rings. The van der Waals surface area contributed by atoms with Crippen molar-refractivity contribution in [3.63, 3.8) is 0 Å². The van der Waals surface area contributed by atoms with E-state index in [2.05, 4.69) is 19.7 Å². The molecule has 0 fully saturated rings. The van der Waals surface area contributed by atoms with Crippen molar-refractivity contribution in [3.8, 4) is 11.5 Å². The minimum atomic E-state index is -4.50. The van der Waals surface area contributed by atoms with E-state index in [0.717, 1.165) is 7.11 Å². The number of methoxy groups -OCH3 is 1. The summed E-state index contributed by atoms with van der Waals surface area (Å²) in [7, 11) is -3.33. The van der Waals surface area contributed by atoms with Crippen LogP contribution in [0.3, 0.4) is 0 Å². The average Bonchev–Trinajstić information content (AvgIpc) is 2.88. The topological polar surface area (TPSA) is 146 Å². The van der Waals surface area contributed by atoms with Gasteiger partial charge >= 0.3 is 7.60 Å². The van der Waals surface area contributed by atoms with E-state index in [0.29, 0.717) is 11.5 Å². The second-order valence-corrected chi connectivity index (χ2v) is 6.01. The molecule has 2 rings (SSSR count). The number of hydrogen-bond donors (Lipinski definition) is 3. The fourth-order valence-corrected chi connectivity index (χ4v) is 2.46. The number of fused-ring (bicyclic) bond motifs is 1. The van der Waals surface area contributed by atoms with E-state index < -0.39 is 19.7 Å². The molecule has 0 aromatic heterocycles. The Morgan fingerprint density at radius 3 is 2.76 bits per heavy atom. The first-order valence-corrected chi connectivity index (χ1v) is 7.66. The van der Waals surface area contributed by atoms with Gasteiger partial charge in [0, 0.05) is 7.11 Å². The van der Waals surface area contributed by atoms with E-state index >= 15 is 0 Å². The molecule has 2 heterocycles. The lowest BCUT2D eigenvalue weighted by atomic mass is 10.3. The summed E-state index contributed by atoms with van der Waals surface area (Å²) in [5, 5.41) is 0. The Balaban J connectivity index is 2.12. The smallest absolute Gasteiger partial charge is 0.381 e. The molecule has 0 radical (unpaired) electrons. The van der Waals surface area contributed by atoms with Gasteiger partial charge in [-0.1, -0.05) is 0 Å². The van der Waals surface area contributed by atoms with Gasteiger partial charge in [-0.2, -0.15) is 0 Å². The fourth-order valence-electron chi connectivity index (χ4n) is 1.82. The maximum absolute atomic E-state index is 11.2. The van der Waals surface area contributed by atoms with Gasteiger partial charge in [-0.05, 0) is 6.92 Å². The molecule has 0 bridgehead atoms. The predicted octanol–water partition coefficient (Wildman–Crippen LogP) is -0.127. The van der Waals surface area contributed by atoms with Crippen LogP contribution in [0.4, 0.5) is 5.82 Å². The first kappa shape index (κ1) is 15.8. The quantitative estimate of drug-likeness (QED) is 0.490. The van der Waals surface area contributed by atoms with Crippen molar-refractivity contribution in [3.05, 3.63) is 12.7 Å². The molecule has 11 heteroatoms. The highest BCUT2D eigenvalue weighted by Crippen LogP contribution is 2.42. The summed E-state index contributed by atoms with van der Waals surface area (Å²) in [6.45, 7) is 1.90. The van der Waals surface area contributed by atoms with E-state index in [9.17, 15) is 4.57 Å². The van der Waals surface area contributed by atoms with E-state index in [1.165, 1.54) is 12.7 Å². The zero-order chi connectivity index (χ0) is 15.6. The molecule has 21 heavy (non-hydrogen) atoms. The van der Waals surface area contributed by atoms with Crippen molar-refractivity contribution in [2.75, 3.05) is 12.8 Å². The molecule has 116 valence electrons. The van der Waals surface area contributed by atoms with Crippen LogP contribution >= 0.6 is 7.60 Å². The van der Waals surface area contributed by atoms with Gasteiger partial charge in [0.1, 0.15) is 12.0 Å². The highest BCUT2D eigenvalue weighted by molar-refractivity contribution is 7.52. The van der Waals surface area contributed by atoms with Gasteiger partial charge < -0.3 is 29.6 Å². The van der Waals surface area contributed by atoms with Crippen LogP contribution in [0.25, 0.3) is 11.5 Å². The van der Waals surface area contributed by atoms with E-state index in [1.807, 2.05) is 0 Å². The number of imidazole rings is 1. The third kappa shape index (κ3) is 3.55. The lowest BCUT2D eigenvalue weighted by molar-refractivity contribution is -0.114. The summed E-state index contributed by atoms with van der Waals surface area (Å²) < 4.78 is 22.7. The summed E-state index contributed by atoms with van der Waals surface area (Å²) >= 11 is 0. The number of nitrogens with zero attached hydrogens (tertiary/aromatic N) is 4. The summed E-state index contributed by atoms with van der Waals surface area (Å²) in [6.07, 6.45) is 2.27. The molecule has 0 aliphatic carbocycles. The van der Waals surface area contributed by atoms with Gasteiger partial charge in [0.25, 0.3) is 6.03 Å². The van der Waals surface area contributed by atoms with Crippen LogP contribution in [-0.4, -0.2) is 48.6 Å². The predicted molar refractivity (Wildman–Crippen MR) is 72.2 cm³/mol. The Bertz CT molecular complexity index is 628. The second kappa shape index (κ2) is 6.04. The van der Waals surface area contributed by atoms with Crippen molar-refractivity contribution in [1.29, 1.82) is 0 Å². The Labute approximate surface area is 120 Å². The maximum atomic E-state index is 11.2. The maximum Gasteiger partial charge on any atom is 0.381 e. The average molecular weight is 317 g/mol. The van der Waals surface area contributed by atoms with E-state index in [-0.39, 0.29) is 12.4 Å². The third-order valence-electron chi connectivity index (χ3n) is 2.71. The molecule has 10 nitrogen and oxygen atoms in total. The summed E-state index contributed by atoms with van der Waals surface area (Å²) in [5.41, 5.74) is 6.14. The molecular weight excluding hydrogens is 301 g/mol. The summed E-state index contributed by atoms with van der Waals surface area (Å²) in [4.78, 5) is 30.2. The van der Waals surface area contributed by atoms with Crippen molar-refractivity contribution in [1.82, 2.24) is 19.5 Å². The third-order valence-corrected chi connectivity index (χ3v) is 3.59. The lowest BCUT2D eigenvalue weighted by Gasteiger charge is -2.23. The van der Waals surface area contributed by atoms with Gasteiger partial charge in [0.15, 0.2) is 11.6 Å². The van der Waals surface area contributed by atoms with E-state index in [4.69, 9.17) is 20.3 Å². The molecule has 0 saturated carbocycles. The Morgan fingerprint density at radius 1 is 1.43 bits per heavy atom.